The zero-order valence-corrected chi connectivity index (χ0v) is 18.6. The Morgan fingerprint density at radius 3 is 2.59 bits per heavy atom. The summed E-state index contributed by atoms with van der Waals surface area (Å²) in [7, 11) is 0. The van der Waals surface area contributed by atoms with E-state index in [1.54, 1.807) is 30.5 Å². The molecule has 6 nitrogen and oxygen atoms in total. The van der Waals surface area contributed by atoms with Gasteiger partial charge in [0.05, 0.1) is 18.6 Å². The summed E-state index contributed by atoms with van der Waals surface area (Å²) in [6.07, 6.45) is 2.25. The number of aromatic nitrogens is 3. The van der Waals surface area contributed by atoms with E-state index in [0.29, 0.717) is 35.5 Å². The minimum absolute atomic E-state index is 0.113. The topological polar surface area (TPSA) is 73.0 Å². The molecule has 2 aromatic carbocycles. The summed E-state index contributed by atoms with van der Waals surface area (Å²) in [5, 5.41) is 12.7. The monoisotopic (exact) mass is 470 g/mol. The predicted octanol–water partition coefficient (Wildman–Crippen LogP) is 4.83. The Morgan fingerprint density at radius 1 is 1.09 bits per heavy atom. The van der Waals surface area contributed by atoms with E-state index in [9.17, 15) is 9.18 Å². The number of amides is 1. The molecule has 4 aromatic rings. The van der Waals surface area contributed by atoms with Crippen LogP contribution in [0.25, 0.3) is 11.4 Å². The van der Waals surface area contributed by atoms with Crippen LogP contribution in [-0.2, 0) is 17.8 Å². The first-order chi connectivity index (χ1) is 15.6. The van der Waals surface area contributed by atoms with Gasteiger partial charge in [-0.3, -0.25) is 9.36 Å². The molecule has 0 bridgehead atoms. The van der Waals surface area contributed by atoms with E-state index in [1.807, 2.05) is 28.8 Å². The molecule has 0 aliphatic heterocycles. The van der Waals surface area contributed by atoms with Crippen LogP contribution in [0.4, 0.5) is 4.39 Å². The van der Waals surface area contributed by atoms with E-state index < -0.39 is 0 Å². The van der Waals surface area contributed by atoms with Crippen molar-refractivity contribution in [1.29, 1.82) is 0 Å². The van der Waals surface area contributed by atoms with Crippen molar-refractivity contribution in [2.75, 3.05) is 12.3 Å². The van der Waals surface area contributed by atoms with Crippen LogP contribution in [0.15, 0.2) is 76.5 Å². The molecule has 0 spiro atoms. The number of nitrogens with zero attached hydrogens (tertiary/aromatic N) is 3. The van der Waals surface area contributed by atoms with Gasteiger partial charge < -0.3 is 9.73 Å². The molecule has 32 heavy (non-hydrogen) atoms. The first-order valence-electron chi connectivity index (χ1n) is 9.94. The van der Waals surface area contributed by atoms with E-state index in [2.05, 4.69) is 15.5 Å². The van der Waals surface area contributed by atoms with Crippen LogP contribution >= 0.6 is 23.4 Å². The first-order valence-corrected chi connectivity index (χ1v) is 11.3. The van der Waals surface area contributed by atoms with Gasteiger partial charge in [0.1, 0.15) is 11.6 Å². The molecule has 1 N–H and O–H groups in total. The van der Waals surface area contributed by atoms with E-state index in [4.69, 9.17) is 16.0 Å². The second kappa shape index (κ2) is 10.5. The van der Waals surface area contributed by atoms with E-state index >= 15 is 0 Å². The van der Waals surface area contributed by atoms with Crippen molar-refractivity contribution in [2.45, 2.75) is 18.1 Å². The van der Waals surface area contributed by atoms with Gasteiger partial charge in [-0.05, 0) is 60.5 Å². The van der Waals surface area contributed by atoms with Gasteiger partial charge in [-0.2, -0.15) is 0 Å². The summed E-state index contributed by atoms with van der Waals surface area (Å²) in [4.78, 5) is 12.3. The maximum atomic E-state index is 13.0. The van der Waals surface area contributed by atoms with Gasteiger partial charge in [0, 0.05) is 17.1 Å². The third kappa shape index (κ3) is 5.77. The second-order valence-electron chi connectivity index (χ2n) is 6.99. The van der Waals surface area contributed by atoms with Crippen LogP contribution in [0.1, 0.15) is 11.3 Å². The van der Waals surface area contributed by atoms with Gasteiger partial charge in [0.15, 0.2) is 11.0 Å². The Morgan fingerprint density at radius 2 is 1.88 bits per heavy atom. The van der Waals surface area contributed by atoms with Crippen molar-refractivity contribution in [2.24, 2.45) is 0 Å². The molecule has 0 aliphatic rings. The van der Waals surface area contributed by atoms with Crippen molar-refractivity contribution >= 4 is 29.3 Å². The molecule has 0 atom stereocenters. The molecule has 1 amide bonds. The highest BCUT2D eigenvalue weighted by atomic mass is 35.5. The minimum atomic E-state index is -0.272. The van der Waals surface area contributed by atoms with Crippen LogP contribution in [0.2, 0.25) is 5.02 Å². The number of carbonyl (C=O) groups is 1. The lowest BCUT2D eigenvalue weighted by molar-refractivity contribution is -0.118. The molecular formula is C23H20ClFN4O2S. The number of carbonyl (C=O) groups excluding carboxylic acids is 1. The van der Waals surface area contributed by atoms with Crippen molar-refractivity contribution in [1.82, 2.24) is 20.1 Å². The summed E-state index contributed by atoms with van der Waals surface area (Å²) in [6, 6.07) is 17.3. The Hall–Kier alpha value is -3.10. The minimum Gasteiger partial charge on any atom is -0.467 e. The van der Waals surface area contributed by atoms with Crippen LogP contribution in [-0.4, -0.2) is 33.0 Å². The van der Waals surface area contributed by atoms with Crippen LogP contribution in [0.5, 0.6) is 0 Å². The summed E-state index contributed by atoms with van der Waals surface area (Å²) >= 11 is 7.31. The molecule has 9 heteroatoms. The first kappa shape index (κ1) is 22.1. The molecule has 4 rings (SSSR count). The molecule has 0 radical (unpaired) electrons. The van der Waals surface area contributed by atoms with E-state index in [0.717, 1.165) is 16.9 Å². The standard InChI is InChI=1S/C23H20ClFN4O2S/c24-18-7-5-17(6-8-18)22-27-28-23(29(22)14-20-2-1-13-31-20)32-15-21(30)26-12-11-16-3-9-19(25)10-4-16/h1-10,13H,11-12,14-15H2,(H,26,30). The van der Waals surface area contributed by atoms with Crippen molar-refractivity contribution < 1.29 is 13.6 Å². The molecule has 0 aliphatic carbocycles. The molecule has 2 heterocycles. The third-order valence-electron chi connectivity index (χ3n) is 4.69. The molecule has 164 valence electrons. The Balaban J connectivity index is 1.40. The zero-order chi connectivity index (χ0) is 22.3. The summed E-state index contributed by atoms with van der Waals surface area (Å²) in [5.41, 5.74) is 1.83. The van der Waals surface area contributed by atoms with Gasteiger partial charge in [0.25, 0.3) is 0 Å². The van der Waals surface area contributed by atoms with E-state index in [1.165, 1.54) is 23.9 Å². The number of halogens is 2. The van der Waals surface area contributed by atoms with Crippen molar-refractivity contribution in [3.05, 3.63) is 89.1 Å². The Bertz CT molecular complexity index is 1160. The number of benzene rings is 2. The maximum Gasteiger partial charge on any atom is 0.230 e. The van der Waals surface area contributed by atoms with Crippen LogP contribution in [0.3, 0.4) is 0 Å². The quantitative estimate of drug-likeness (QED) is 0.355. The predicted molar refractivity (Wildman–Crippen MR) is 122 cm³/mol. The highest BCUT2D eigenvalue weighted by Gasteiger charge is 2.17. The number of nitrogens with one attached hydrogen (secondary N) is 1. The SMILES string of the molecule is O=C(CSc1nnc(-c2ccc(Cl)cc2)n1Cc1ccco1)NCCc1ccc(F)cc1. The number of hydrogen-bond acceptors (Lipinski definition) is 5. The van der Waals surface area contributed by atoms with Crippen molar-refractivity contribution in [3.63, 3.8) is 0 Å². The lowest BCUT2D eigenvalue weighted by Crippen LogP contribution is -2.27. The maximum absolute atomic E-state index is 13.0. The summed E-state index contributed by atoms with van der Waals surface area (Å²) < 4.78 is 20.4. The average Bonchev–Trinajstić information content (AvgIpc) is 3.45. The van der Waals surface area contributed by atoms with Crippen LogP contribution < -0.4 is 5.32 Å². The molecule has 0 unspecified atom stereocenters. The smallest absolute Gasteiger partial charge is 0.230 e. The van der Waals surface area contributed by atoms with Gasteiger partial charge in [-0.15, -0.1) is 10.2 Å². The summed E-state index contributed by atoms with van der Waals surface area (Å²) in [5.74, 6) is 1.23. The fraction of sp³-hybridized carbons (Fsp3) is 0.174. The fourth-order valence-corrected chi connectivity index (χ4v) is 3.98. The average molecular weight is 471 g/mol. The fourth-order valence-electron chi connectivity index (χ4n) is 3.09. The van der Waals surface area contributed by atoms with Gasteiger partial charge >= 0.3 is 0 Å². The number of furan rings is 1. The van der Waals surface area contributed by atoms with Crippen LogP contribution in [0, 0.1) is 5.82 Å². The second-order valence-corrected chi connectivity index (χ2v) is 8.37. The van der Waals surface area contributed by atoms with Crippen molar-refractivity contribution in [3.8, 4) is 11.4 Å². The molecule has 0 saturated heterocycles. The highest BCUT2D eigenvalue weighted by molar-refractivity contribution is 7.99. The number of thioether (sulfide) groups is 1. The Kier molecular flexibility index (Phi) is 7.24. The number of hydrogen-bond donors (Lipinski definition) is 1. The molecule has 0 saturated carbocycles. The van der Waals surface area contributed by atoms with Gasteiger partial charge in [-0.1, -0.05) is 35.5 Å². The van der Waals surface area contributed by atoms with E-state index in [-0.39, 0.29) is 17.5 Å². The molecular weight excluding hydrogens is 451 g/mol. The molecule has 2 aromatic heterocycles. The zero-order valence-electron chi connectivity index (χ0n) is 17.0. The normalized spacial score (nSPS) is 10.9. The lowest BCUT2D eigenvalue weighted by atomic mass is 10.1. The Labute approximate surface area is 193 Å². The van der Waals surface area contributed by atoms with Gasteiger partial charge in [-0.25, -0.2) is 4.39 Å². The third-order valence-corrected chi connectivity index (χ3v) is 5.91. The van der Waals surface area contributed by atoms with Gasteiger partial charge in [0.2, 0.25) is 5.91 Å². The lowest BCUT2D eigenvalue weighted by Gasteiger charge is -2.09. The molecule has 0 fully saturated rings. The largest absolute Gasteiger partial charge is 0.467 e. The highest BCUT2D eigenvalue weighted by Crippen LogP contribution is 2.26. The number of rotatable bonds is 9. The summed E-state index contributed by atoms with van der Waals surface area (Å²) in [6.45, 7) is 0.909.